The van der Waals surface area contributed by atoms with Crippen molar-refractivity contribution in [3.05, 3.63) is 84.6 Å². The van der Waals surface area contributed by atoms with Gasteiger partial charge in [0, 0.05) is 23.1 Å². The number of nitrogens with zero attached hydrogens (tertiary/aromatic N) is 4. The average Bonchev–Trinajstić information content (AvgIpc) is 3.18. The minimum atomic E-state index is 0.683. The lowest BCUT2D eigenvalue weighted by atomic mass is 10.1. The Morgan fingerprint density at radius 1 is 0.871 bits per heavy atom. The van der Waals surface area contributed by atoms with E-state index in [1.165, 1.54) is 5.56 Å². The first kappa shape index (κ1) is 19.4. The van der Waals surface area contributed by atoms with Gasteiger partial charge in [0.15, 0.2) is 5.65 Å². The van der Waals surface area contributed by atoms with Gasteiger partial charge in [0.1, 0.15) is 11.3 Å². The van der Waals surface area contributed by atoms with Crippen LogP contribution in [0.1, 0.15) is 12.5 Å². The van der Waals surface area contributed by atoms with Crippen molar-refractivity contribution in [2.45, 2.75) is 13.3 Å². The Labute approximate surface area is 183 Å². The average molecular weight is 423 g/mol. The minimum Gasteiger partial charge on any atom is -0.398 e. The zero-order valence-electron chi connectivity index (χ0n) is 17.2. The molecule has 31 heavy (non-hydrogen) atoms. The molecule has 1 atom stereocenters. The molecule has 1 unspecified atom stereocenters. The zero-order valence-corrected chi connectivity index (χ0v) is 18.3. The molecule has 3 heterocycles. The Morgan fingerprint density at radius 3 is 2.35 bits per heavy atom. The van der Waals surface area contributed by atoms with Crippen molar-refractivity contribution in [1.82, 2.24) is 19.5 Å². The summed E-state index contributed by atoms with van der Waals surface area (Å²) >= 11 is 0. The van der Waals surface area contributed by atoms with E-state index in [1.54, 1.807) is 0 Å². The number of imidazole rings is 1. The third kappa shape index (κ3) is 3.58. The predicted molar refractivity (Wildman–Crippen MR) is 131 cm³/mol. The number of hydrogen-bond donors (Lipinski definition) is 1. The third-order valence-corrected chi connectivity index (χ3v) is 5.70. The summed E-state index contributed by atoms with van der Waals surface area (Å²) in [7, 11) is 2.65. The second kappa shape index (κ2) is 7.93. The molecule has 2 N–H and O–H groups in total. The lowest BCUT2D eigenvalue weighted by molar-refractivity contribution is 1.06. The van der Waals surface area contributed by atoms with E-state index in [0.717, 1.165) is 51.4 Å². The first-order valence-electron chi connectivity index (χ1n) is 10.2. The third-order valence-electron chi connectivity index (χ3n) is 5.36. The first-order chi connectivity index (χ1) is 15.1. The summed E-state index contributed by atoms with van der Waals surface area (Å²) in [4.78, 5) is 14.4. The first-order valence-corrected chi connectivity index (χ1v) is 10.8. The van der Waals surface area contributed by atoms with Crippen LogP contribution in [0.15, 0.2) is 79.0 Å². The molecule has 0 bridgehead atoms. The molecule has 6 heteroatoms. The summed E-state index contributed by atoms with van der Waals surface area (Å²) in [6, 6.07) is 24.2. The summed E-state index contributed by atoms with van der Waals surface area (Å²) in [6.07, 6.45) is 2.81. The number of nitrogens with two attached hydrogens (primary N) is 1. The van der Waals surface area contributed by atoms with Crippen LogP contribution in [-0.4, -0.2) is 19.5 Å². The lowest BCUT2D eigenvalue weighted by Gasteiger charge is -2.11. The van der Waals surface area contributed by atoms with Gasteiger partial charge in [-0.25, -0.2) is 9.97 Å². The van der Waals surface area contributed by atoms with E-state index in [-0.39, 0.29) is 0 Å². The number of pyridine rings is 2. The van der Waals surface area contributed by atoms with E-state index in [4.69, 9.17) is 15.7 Å². The van der Waals surface area contributed by atoms with E-state index in [2.05, 4.69) is 50.0 Å². The number of rotatable bonds is 4. The van der Waals surface area contributed by atoms with Gasteiger partial charge in [0.25, 0.3) is 0 Å². The fourth-order valence-electron chi connectivity index (χ4n) is 3.66. The number of benzene rings is 2. The molecule has 152 valence electrons. The minimum absolute atomic E-state index is 0.683. The molecule has 0 spiro atoms. The highest BCUT2D eigenvalue weighted by Gasteiger charge is 2.18. The van der Waals surface area contributed by atoms with Crippen LogP contribution in [0, 0.1) is 0 Å². The molecule has 0 aliphatic rings. The molecule has 0 saturated heterocycles. The molecule has 0 amide bonds. The standard InChI is InChI=1S/C25H22N5P/c1-2-16-7-9-17(10-8-16)30-24(19-5-3-4-6-20(19)26)29-23-14-13-22(28-25(23)30)21-12-11-18(31)15-27-21/h3-15H,2,26,31H2,1H3. The zero-order chi connectivity index (χ0) is 21.4. The molecule has 5 aromatic rings. The Hall–Kier alpha value is -3.56. The summed E-state index contributed by atoms with van der Waals surface area (Å²) in [6.45, 7) is 2.15. The summed E-state index contributed by atoms with van der Waals surface area (Å²) in [5, 5.41) is 1.03. The van der Waals surface area contributed by atoms with Gasteiger partial charge in [0.05, 0.1) is 11.4 Å². The molecular weight excluding hydrogens is 401 g/mol. The van der Waals surface area contributed by atoms with Gasteiger partial charge in [0.2, 0.25) is 0 Å². The van der Waals surface area contributed by atoms with E-state index in [0.29, 0.717) is 5.69 Å². The van der Waals surface area contributed by atoms with Crippen molar-refractivity contribution in [3.63, 3.8) is 0 Å². The maximum Gasteiger partial charge on any atom is 0.165 e. The highest BCUT2D eigenvalue weighted by atomic mass is 31.0. The Balaban J connectivity index is 1.77. The van der Waals surface area contributed by atoms with Crippen LogP contribution >= 0.6 is 9.24 Å². The number of aromatic nitrogens is 4. The highest BCUT2D eigenvalue weighted by Crippen LogP contribution is 2.32. The molecular formula is C25H22N5P. The lowest BCUT2D eigenvalue weighted by Crippen LogP contribution is -2.01. The SMILES string of the molecule is CCc1ccc(-n2c(-c3ccccc3N)nc3ccc(-c4ccc(P)cn4)nc32)cc1. The van der Waals surface area contributed by atoms with Gasteiger partial charge >= 0.3 is 0 Å². The van der Waals surface area contributed by atoms with Gasteiger partial charge in [-0.2, -0.15) is 0 Å². The van der Waals surface area contributed by atoms with Crippen LogP contribution in [0.3, 0.4) is 0 Å². The van der Waals surface area contributed by atoms with Crippen LogP contribution in [0.2, 0.25) is 0 Å². The van der Waals surface area contributed by atoms with E-state index < -0.39 is 0 Å². The van der Waals surface area contributed by atoms with Crippen LogP contribution in [0.25, 0.3) is 39.6 Å². The number of para-hydroxylation sites is 1. The quantitative estimate of drug-likeness (QED) is 0.333. The van der Waals surface area contributed by atoms with Gasteiger partial charge in [-0.3, -0.25) is 9.55 Å². The van der Waals surface area contributed by atoms with Crippen molar-refractivity contribution < 1.29 is 0 Å². The van der Waals surface area contributed by atoms with Crippen molar-refractivity contribution in [2.24, 2.45) is 0 Å². The van der Waals surface area contributed by atoms with Crippen molar-refractivity contribution in [1.29, 1.82) is 0 Å². The fourth-order valence-corrected chi connectivity index (χ4v) is 3.83. The van der Waals surface area contributed by atoms with Crippen LogP contribution in [-0.2, 0) is 6.42 Å². The molecule has 0 aliphatic heterocycles. The molecule has 2 aromatic carbocycles. The molecule has 0 radical (unpaired) electrons. The van der Waals surface area contributed by atoms with Crippen molar-refractivity contribution >= 4 is 31.4 Å². The van der Waals surface area contributed by atoms with E-state index in [1.807, 2.05) is 54.7 Å². The van der Waals surface area contributed by atoms with Gasteiger partial charge < -0.3 is 5.73 Å². The predicted octanol–water partition coefficient (Wildman–Crippen LogP) is 4.79. The topological polar surface area (TPSA) is 69.6 Å². The van der Waals surface area contributed by atoms with Crippen molar-refractivity contribution in [3.8, 4) is 28.5 Å². The van der Waals surface area contributed by atoms with Crippen molar-refractivity contribution in [2.75, 3.05) is 5.73 Å². The maximum absolute atomic E-state index is 6.32. The molecule has 0 saturated carbocycles. The summed E-state index contributed by atoms with van der Waals surface area (Å²) < 4.78 is 2.08. The Morgan fingerprint density at radius 2 is 1.65 bits per heavy atom. The number of nitrogen functional groups attached to an aromatic ring is 1. The fraction of sp³-hybridized carbons (Fsp3) is 0.0800. The molecule has 0 fully saturated rings. The Kier molecular flexibility index (Phi) is 4.97. The van der Waals surface area contributed by atoms with Gasteiger partial charge in [-0.15, -0.1) is 9.24 Å². The van der Waals surface area contributed by atoms with Gasteiger partial charge in [-0.05, 0) is 59.8 Å². The molecule has 0 aliphatic carbocycles. The Bertz CT molecular complexity index is 1370. The maximum atomic E-state index is 6.32. The monoisotopic (exact) mass is 423 g/mol. The van der Waals surface area contributed by atoms with E-state index >= 15 is 0 Å². The van der Waals surface area contributed by atoms with E-state index in [9.17, 15) is 0 Å². The number of anilines is 1. The second-order valence-electron chi connectivity index (χ2n) is 7.39. The smallest absolute Gasteiger partial charge is 0.165 e. The molecule has 3 aromatic heterocycles. The molecule has 5 rings (SSSR count). The second-order valence-corrected chi connectivity index (χ2v) is 8.06. The van der Waals surface area contributed by atoms with Crippen LogP contribution < -0.4 is 11.0 Å². The van der Waals surface area contributed by atoms with Gasteiger partial charge in [-0.1, -0.05) is 37.3 Å². The van der Waals surface area contributed by atoms with Crippen LogP contribution in [0.4, 0.5) is 5.69 Å². The summed E-state index contributed by atoms with van der Waals surface area (Å²) in [5.74, 6) is 0.773. The number of fused-ring (bicyclic) bond motifs is 1. The summed E-state index contributed by atoms with van der Waals surface area (Å²) in [5.41, 5.74) is 13.4. The highest BCUT2D eigenvalue weighted by molar-refractivity contribution is 7.27. The number of aryl methyl sites for hydroxylation is 1. The largest absolute Gasteiger partial charge is 0.398 e. The number of hydrogen-bond acceptors (Lipinski definition) is 4. The molecule has 5 nitrogen and oxygen atoms in total. The normalized spacial score (nSPS) is 11.2. The van der Waals surface area contributed by atoms with Crippen LogP contribution in [0.5, 0.6) is 0 Å².